The van der Waals surface area contributed by atoms with Crippen LogP contribution in [0.25, 0.3) is 0 Å². The number of nitrogens with two attached hydrogens (primary N) is 1. The van der Waals surface area contributed by atoms with Crippen molar-refractivity contribution in [3.05, 3.63) is 11.6 Å². The molecule has 0 unspecified atom stereocenters. The van der Waals surface area contributed by atoms with Gasteiger partial charge in [0.05, 0.1) is 12.6 Å². The van der Waals surface area contributed by atoms with Crippen LogP contribution in [0.4, 0.5) is 0 Å². The summed E-state index contributed by atoms with van der Waals surface area (Å²) in [5, 5.41) is 2.60. The molecule has 1 rings (SSSR count). The molecule has 102 valence electrons. The van der Waals surface area contributed by atoms with E-state index in [1.165, 1.54) is 5.57 Å². The van der Waals surface area contributed by atoms with E-state index in [0.29, 0.717) is 6.54 Å². The van der Waals surface area contributed by atoms with Crippen LogP contribution in [0.1, 0.15) is 27.2 Å². The Bertz CT molecular complexity index is 350. The van der Waals surface area contributed by atoms with Crippen molar-refractivity contribution in [2.75, 3.05) is 19.6 Å². The molecule has 0 saturated heterocycles. The quantitative estimate of drug-likeness (QED) is 0.706. The van der Waals surface area contributed by atoms with Gasteiger partial charge in [-0.25, -0.2) is 0 Å². The Morgan fingerprint density at radius 2 is 2.17 bits per heavy atom. The molecule has 0 aromatic carbocycles. The van der Waals surface area contributed by atoms with Gasteiger partial charge in [0, 0.05) is 13.1 Å². The maximum Gasteiger partial charge on any atom is 0.242 e. The second-order valence-electron chi connectivity index (χ2n) is 5.14. The molecule has 0 aromatic heterocycles. The van der Waals surface area contributed by atoms with Crippen molar-refractivity contribution in [2.24, 2.45) is 11.7 Å². The molecule has 0 spiro atoms. The molecule has 18 heavy (non-hydrogen) atoms. The molecule has 5 nitrogen and oxygen atoms in total. The lowest BCUT2D eigenvalue weighted by Gasteiger charge is -2.26. The first-order chi connectivity index (χ1) is 8.41. The number of hydrogen-bond donors (Lipinski definition) is 2. The van der Waals surface area contributed by atoms with Gasteiger partial charge in [0.1, 0.15) is 0 Å². The van der Waals surface area contributed by atoms with Crippen LogP contribution in [0.15, 0.2) is 11.6 Å². The Balaban J connectivity index is 2.37. The van der Waals surface area contributed by atoms with Crippen molar-refractivity contribution >= 4 is 11.8 Å². The lowest BCUT2D eigenvalue weighted by Crippen LogP contribution is -2.48. The minimum atomic E-state index is -0.555. The van der Waals surface area contributed by atoms with Crippen molar-refractivity contribution in [1.82, 2.24) is 10.2 Å². The standard InChI is InChI=1S/C13H23N3O2/c1-9(2)12(14)13(18)15-7-11(17)16-6-4-5-10(3)8-16/h5,9,12H,4,6-8,14H2,1-3H3,(H,15,18)/t12-/m0/s1. The van der Waals surface area contributed by atoms with E-state index in [0.717, 1.165) is 13.0 Å². The number of amides is 2. The van der Waals surface area contributed by atoms with Gasteiger partial charge in [-0.05, 0) is 19.3 Å². The van der Waals surface area contributed by atoms with E-state index in [2.05, 4.69) is 11.4 Å². The van der Waals surface area contributed by atoms with Gasteiger partial charge in [0.15, 0.2) is 0 Å². The highest BCUT2D eigenvalue weighted by molar-refractivity contribution is 5.87. The topological polar surface area (TPSA) is 75.4 Å². The zero-order valence-corrected chi connectivity index (χ0v) is 11.4. The van der Waals surface area contributed by atoms with Crippen LogP contribution < -0.4 is 11.1 Å². The van der Waals surface area contributed by atoms with Gasteiger partial charge in [0.2, 0.25) is 11.8 Å². The molecule has 0 bridgehead atoms. The van der Waals surface area contributed by atoms with E-state index in [4.69, 9.17) is 5.73 Å². The second kappa shape index (κ2) is 6.54. The summed E-state index contributed by atoms with van der Waals surface area (Å²) in [4.78, 5) is 25.3. The van der Waals surface area contributed by atoms with Crippen LogP contribution in [0.3, 0.4) is 0 Å². The van der Waals surface area contributed by atoms with E-state index in [1.54, 1.807) is 4.90 Å². The molecule has 1 atom stereocenters. The SMILES string of the molecule is CC1=CCCN(C(=O)CNC(=O)[C@@H](N)C(C)C)C1. The van der Waals surface area contributed by atoms with Crippen LogP contribution in [0, 0.1) is 5.92 Å². The summed E-state index contributed by atoms with van der Waals surface area (Å²) in [7, 11) is 0. The summed E-state index contributed by atoms with van der Waals surface area (Å²) in [6.45, 7) is 7.18. The van der Waals surface area contributed by atoms with Crippen molar-refractivity contribution in [3.63, 3.8) is 0 Å². The van der Waals surface area contributed by atoms with E-state index in [-0.39, 0.29) is 24.3 Å². The summed E-state index contributed by atoms with van der Waals surface area (Å²) >= 11 is 0. The van der Waals surface area contributed by atoms with Gasteiger partial charge < -0.3 is 16.0 Å². The Labute approximate surface area is 108 Å². The van der Waals surface area contributed by atoms with E-state index in [1.807, 2.05) is 20.8 Å². The molecule has 3 N–H and O–H groups in total. The molecule has 5 heteroatoms. The molecule has 0 radical (unpaired) electrons. The molecule has 1 aliphatic rings. The van der Waals surface area contributed by atoms with Crippen LogP contribution in [-0.2, 0) is 9.59 Å². The number of nitrogens with one attached hydrogen (secondary N) is 1. The number of nitrogens with zero attached hydrogens (tertiary/aromatic N) is 1. The maximum atomic E-state index is 11.9. The summed E-state index contributed by atoms with van der Waals surface area (Å²) < 4.78 is 0. The molecule has 0 fully saturated rings. The molecule has 1 heterocycles. The Hall–Kier alpha value is -1.36. The Morgan fingerprint density at radius 1 is 1.50 bits per heavy atom. The molecule has 0 aliphatic carbocycles. The largest absolute Gasteiger partial charge is 0.346 e. The highest BCUT2D eigenvalue weighted by atomic mass is 16.2. The summed E-state index contributed by atoms with van der Waals surface area (Å²) in [6, 6.07) is -0.555. The van der Waals surface area contributed by atoms with E-state index in [9.17, 15) is 9.59 Å². The van der Waals surface area contributed by atoms with Crippen LogP contribution in [0.5, 0.6) is 0 Å². The zero-order valence-electron chi connectivity index (χ0n) is 11.4. The molecular weight excluding hydrogens is 230 g/mol. The van der Waals surface area contributed by atoms with E-state index < -0.39 is 6.04 Å². The number of hydrogen-bond acceptors (Lipinski definition) is 3. The van der Waals surface area contributed by atoms with Gasteiger partial charge in [-0.15, -0.1) is 0 Å². The molecule has 1 aliphatic heterocycles. The van der Waals surface area contributed by atoms with Crippen LogP contribution >= 0.6 is 0 Å². The average Bonchev–Trinajstić information content (AvgIpc) is 2.34. The van der Waals surface area contributed by atoms with Gasteiger partial charge >= 0.3 is 0 Å². The fraction of sp³-hybridized carbons (Fsp3) is 0.692. The first kappa shape index (κ1) is 14.7. The normalized spacial score (nSPS) is 17.4. The predicted molar refractivity (Wildman–Crippen MR) is 70.8 cm³/mol. The highest BCUT2D eigenvalue weighted by Crippen LogP contribution is 2.08. The minimum absolute atomic E-state index is 0.0343. The first-order valence-corrected chi connectivity index (χ1v) is 6.38. The summed E-state index contributed by atoms with van der Waals surface area (Å²) in [5.41, 5.74) is 6.89. The number of carbonyl (C=O) groups excluding carboxylic acids is 2. The van der Waals surface area contributed by atoms with Crippen LogP contribution in [0.2, 0.25) is 0 Å². The minimum Gasteiger partial charge on any atom is -0.346 e. The van der Waals surface area contributed by atoms with Crippen molar-refractivity contribution in [1.29, 1.82) is 0 Å². The van der Waals surface area contributed by atoms with Crippen molar-refractivity contribution < 1.29 is 9.59 Å². The van der Waals surface area contributed by atoms with Gasteiger partial charge in [0.25, 0.3) is 0 Å². The first-order valence-electron chi connectivity index (χ1n) is 6.38. The van der Waals surface area contributed by atoms with Gasteiger partial charge in [-0.3, -0.25) is 9.59 Å². The molecule has 0 saturated carbocycles. The van der Waals surface area contributed by atoms with E-state index >= 15 is 0 Å². The third-order valence-electron chi connectivity index (χ3n) is 3.12. The molecule has 0 aromatic rings. The second-order valence-corrected chi connectivity index (χ2v) is 5.14. The van der Waals surface area contributed by atoms with Gasteiger partial charge in [-0.1, -0.05) is 25.5 Å². The zero-order chi connectivity index (χ0) is 13.7. The van der Waals surface area contributed by atoms with Gasteiger partial charge in [-0.2, -0.15) is 0 Å². The summed E-state index contributed by atoms with van der Waals surface area (Å²) in [6.07, 6.45) is 3.02. The smallest absolute Gasteiger partial charge is 0.242 e. The average molecular weight is 253 g/mol. The predicted octanol–water partition coefficient (Wildman–Crippen LogP) is 0.265. The number of rotatable bonds is 4. The maximum absolute atomic E-state index is 11.9. The molecule has 2 amide bonds. The Morgan fingerprint density at radius 3 is 2.72 bits per heavy atom. The Kier molecular flexibility index (Phi) is 5.34. The third kappa shape index (κ3) is 4.14. The fourth-order valence-electron chi connectivity index (χ4n) is 1.82. The third-order valence-corrected chi connectivity index (χ3v) is 3.12. The monoisotopic (exact) mass is 253 g/mol. The summed E-state index contributed by atoms with van der Waals surface area (Å²) in [5.74, 6) is -0.241. The lowest BCUT2D eigenvalue weighted by atomic mass is 10.1. The van der Waals surface area contributed by atoms with Crippen molar-refractivity contribution in [3.8, 4) is 0 Å². The number of carbonyl (C=O) groups is 2. The van der Waals surface area contributed by atoms with Crippen molar-refractivity contribution in [2.45, 2.75) is 33.2 Å². The fourth-order valence-corrected chi connectivity index (χ4v) is 1.82. The van der Waals surface area contributed by atoms with Crippen LogP contribution in [-0.4, -0.2) is 42.4 Å². The lowest BCUT2D eigenvalue weighted by molar-refractivity contribution is -0.133. The molecular formula is C13H23N3O2. The highest BCUT2D eigenvalue weighted by Gasteiger charge is 2.20.